The molecule has 17 heavy (non-hydrogen) atoms. The van der Waals surface area contributed by atoms with E-state index in [2.05, 4.69) is 74.1 Å². The predicted octanol–water partition coefficient (Wildman–Crippen LogP) is 5.01. The third-order valence-electron chi connectivity index (χ3n) is 3.57. The summed E-state index contributed by atoms with van der Waals surface area (Å²) in [5.74, 6) is 0. The summed E-state index contributed by atoms with van der Waals surface area (Å²) in [5, 5.41) is 0.298. The number of rotatable bonds is 4. The first kappa shape index (κ1) is 14.9. The largest absolute Gasteiger partial charge is 0.416 e. The van der Waals surface area contributed by atoms with Crippen LogP contribution in [0.2, 0.25) is 18.1 Å². The summed E-state index contributed by atoms with van der Waals surface area (Å²) in [6.45, 7) is 12.3. The SMILES string of the molecule is CC(C)(C)[Si](C)(C)OCCc1ccc(Br)cc1. The summed E-state index contributed by atoms with van der Waals surface area (Å²) in [4.78, 5) is 0. The van der Waals surface area contributed by atoms with Gasteiger partial charge in [-0.25, -0.2) is 0 Å². The molecule has 1 aromatic rings. The van der Waals surface area contributed by atoms with Crippen molar-refractivity contribution in [1.82, 2.24) is 0 Å². The van der Waals surface area contributed by atoms with Crippen LogP contribution < -0.4 is 0 Å². The highest BCUT2D eigenvalue weighted by atomic mass is 79.9. The van der Waals surface area contributed by atoms with Crippen molar-refractivity contribution in [3.8, 4) is 0 Å². The molecular weight excluding hydrogens is 292 g/mol. The van der Waals surface area contributed by atoms with Gasteiger partial charge in [-0.3, -0.25) is 0 Å². The molecule has 96 valence electrons. The first-order valence-corrected chi connectivity index (χ1v) is 9.81. The minimum atomic E-state index is -1.58. The Morgan fingerprint density at radius 3 is 2.12 bits per heavy atom. The van der Waals surface area contributed by atoms with E-state index in [4.69, 9.17) is 4.43 Å². The number of halogens is 1. The Balaban J connectivity index is 2.45. The van der Waals surface area contributed by atoms with Gasteiger partial charge in [-0.15, -0.1) is 0 Å². The molecule has 0 saturated carbocycles. The minimum absolute atomic E-state index is 0.298. The Morgan fingerprint density at radius 1 is 1.12 bits per heavy atom. The molecule has 0 atom stereocenters. The van der Waals surface area contributed by atoms with Gasteiger partial charge in [0.25, 0.3) is 0 Å². The zero-order chi connectivity index (χ0) is 13.1. The lowest BCUT2D eigenvalue weighted by Crippen LogP contribution is -2.41. The van der Waals surface area contributed by atoms with Crippen LogP contribution in [-0.4, -0.2) is 14.9 Å². The molecule has 0 amide bonds. The Morgan fingerprint density at radius 2 is 1.65 bits per heavy atom. The maximum atomic E-state index is 6.16. The molecule has 0 heterocycles. The third kappa shape index (κ3) is 4.57. The van der Waals surface area contributed by atoms with E-state index in [0.29, 0.717) is 5.04 Å². The van der Waals surface area contributed by atoms with Crippen LogP contribution in [0.25, 0.3) is 0 Å². The second-order valence-corrected chi connectivity index (χ2v) is 11.7. The molecule has 0 radical (unpaired) electrons. The molecule has 0 aliphatic rings. The molecule has 0 saturated heterocycles. The predicted molar refractivity (Wildman–Crippen MR) is 81.0 cm³/mol. The zero-order valence-electron chi connectivity index (χ0n) is 11.5. The van der Waals surface area contributed by atoms with Crippen LogP contribution in [0.1, 0.15) is 26.3 Å². The van der Waals surface area contributed by atoms with Gasteiger partial charge in [-0.2, -0.15) is 0 Å². The van der Waals surface area contributed by atoms with Crippen molar-refractivity contribution in [2.45, 2.75) is 45.3 Å². The number of hydrogen-bond donors (Lipinski definition) is 0. The Labute approximate surface area is 115 Å². The zero-order valence-corrected chi connectivity index (χ0v) is 14.1. The lowest BCUT2D eigenvalue weighted by molar-refractivity contribution is 0.292. The fourth-order valence-corrected chi connectivity index (χ4v) is 2.60. The average Bonchev–Trinajstić information content (AvgIpc) is 2.19. The standard InChI is InChI=1S/C14H23BrOSi/c1-14(2,3)17(4,5)16-11-10-12-6-8-13(15)9-7-12/h6-9H,10-11H2,1-5H3. The van der Waals surface area contributed by atoms with E-state index in [1.54, 1.807) is 0 Å². The normalized spacial score (nSPS) is 12.8. The second kappa shape index (κ2) is 5.68. The molecule has 0 N–H and O–H groups in total. The molecule has 1 aromatic carbocycles. The molecule has 0 spiro atoms. The van der Waals surface area contributed by atoms with Gasteiger partial charge in [-0.1, -0.05) is 48.8 Å². The second-order valence-electron chi connectivity index (χ2n) is 5.99. The lowest BCUT2D eigenvalue weighted by Gasteiger charge is -2.36. The smallest absolute Gasteiger partial charge is 0.191 e. The van der Waals surface area contributed by atoms with Gasteiger partial charge >= 0.3 is 0 Å². The van der Waals surface area contributed by atoms with Crippen LogP contribution in [0.5, 0.6) is 0 Å². The van der Waals surface area contributed by atoms with Gasteiger partial charge in [0.1, 0.15) is 0 Å². The van der Waals surface area contributed by atoms with E-state index >= 15 is 0 Å². The third-order valence-corrected chi connectivity index (χ3v) is 8.64. The molecule has 1 nitrogen and oxygen atoms in total. The van der Waals surface area contributed by atoms with Crippen molar-refractivity contribution in [1.29, 1.82) is 0 Å². The Hall–Kier alpha value is -0.123. The van der Waals surface area contributed by atoms with Gasteiger partial charge in [-0.05, 0) is 42.2 Å². The highest BCUT2D eigenvalue weighted by Gasteiger charge is 2.36. The summed E-state index contributed by atoms with van der Waals surface area (Å²) in [6.07, 6.45) is 1.000. The van der Waals surface area contributed by atoms with Crippen molar-refractivity contribution >= 4 is 24.2 Å². The molecule has 1 rings (SSSR count). The first-order chi connectivity index (χ1) is 7.72. The fourth-order valence-electron chi connectivity index (χ4n) is 1.29. The molecule has 0 bridgehead atoms. The van der Waals surface area contributed by atoms with Gasteiger partial charge in [0, 0.05) is 11.1 Å². The quantitative estimate of drug-likeness (QED) is 0.709. The van der Waals surface area contributed by atoms with E-state index in [1.165, 1.54) is 5.56 Å². The van der Waals surface area contributed by atoms with Crippen LogP contribution >= 0.6 is 15.9 Å². The van der Waals surface area contributed by atoms with Crippen LogP contribution in [0.3, 0.4) is 0 Å². The fraction of sp³-hybridized carbons (Fsp3) is 0.571. The van der Waals surface area contributed by atoms with Crippen LogP contribution in [0.15, 0.2) is 28.7 Å². The van der Waals surface area contributed by atoms with Crippen LogP contribution in [0.4, 0.5) is 0 Å². The van der Waals surface area contributed by atoms with Gasteiger partial charge < -0.3 is 4.43 Å². The van der Waals surface area contributed by atoms with Gasteiger partial charge in [0.05, 0.1) is 0 Å². The van der Waals surface area contributed by atoms with E-state index < -0.39 is 8.32 Å². The molecule has 0 aliphatic heterocycles. The maximum Gasteiger partial charge on any atom is 0.191 e. The summed E-state index contributed by atoms with van der Waals surface area (Å²) in [5.41, 5.74) is 1.34. The summed E-state index contributed by atoms with van der Waals surface area (Å²) < 4.78 is 7.29. The lowest BCUT2D eigenvalue weighted by atomic mass is 10.2. The summed E-state index contributed by atoms with van der Waals surface area (Å²) >= 11 is 3.45. The number of hydrogen-bond acceptors (Lipinski definition) is 1. The highest BCUT2D eigenvalue weighted by Crippen LogP contribution is 2.36. The van der Waals surface area contributed by atoms with Crippen LogP contribution in [0, 0.1) is 0 Å². The topological polar surface area (TPSA) is 9.23 Å². The summed E-state index contributed by atoms with van der Waals surface area (Å²) in [6, 6.07) is 8.47. The molecule has 3 heteroatoms. The van der Waals surface area contributed by atoms with E-state index in [9.17, 15) is 0 Å². The minimum Gasteiger partial charge on any atom is -0.416 e. The Bertz CT molecular complexity index is 351. The average molecular weight is 315 g/mol. The van der Waals surface area contributed by atoms with Crippen molar-refractivity contribution in [3.63, 3.8) is 0 Å². The molecule has 0 unspecified atom stereocenters. The van der Waals surface area contributed by atoms with Gasteiger partial charge in [0.15, 0.2) is 8.32 Å². The van der Waals surface area contributed by atoms with Crippen molar-refractivity contribution < 1.29 is 4.43 Å². The molecular formula is C14H23BrOSi. The number of benzene rings is 1. The van der Waals surface area contributed by atoms with E-state index in [0.717, 1.165) is 17.5 Å². The monoisotopic (exact) mass is 314 g/mol. The molecule has 0 fully saturated rings. The maximum absolute atomic E-state index is 6.16. The highest BCUT2D eigenvalue weighted by molar-refractivity contribution is 9.10. The van der Waals surface area contributed by atoms with Crippen molar-refractivity contribution in [2.24, 2.45) is 0 Å². The first-order valence-electron chi connectivity index (χ1n) is 6.11. The van der Waals surface area contributed by atoms with Crippen molar-refractivity contribution in [3.05, 3.63) is 34.3 Å². The molecule has 0 aromatic heterocycles. The summed E-state index contributed by atoms with van der Waals surface area (Å²) in [7, 11) is -1.58. The van der Waals surface area contributed by atoms with E-state index in [-0.39, 0.29) is 0 Å². The Kier molecular flexibility index (Phi) is 4.99. The van der Waals surface area contributed by atoms with Gasteiger partial charge in [0.2, 0.25) is 0 Å². The van der Waals surface area contributed by atoms with Crippen LogP contribution in [-0.2, 0) is 10.8 Å². The van der Waals surface area contributed by atoms with Crippen molar-refractivity contribution in [2.75, 3.05) is 6.61 Å². The van der Waals surface area contributed by atoms with E-state index in [1.807, 2.05) is 0 Å². The molecule has 0 aliphatic carbocycles.